The Labute approximate surface area is 162 Å². The standard InChI is InChI=1S/C14H7Br2ClN2S3/c15-12-3-1-10(20-12)8-5-7(17)14(9-6-18-22-19(8)9)11-2-4-13(16)21-11/h1-6,18H. The minimum Gasteiger partial charge on any atom is -0.316 e. The Balaban J connectivity index is 1.87. The van der Waals surface area contributed by atoms with E-state index in [4.69, 9.17) is 11.6 Å². The summed E-state index contributed by atoms with van der Waals surface area (Å²) in [7, 11) is 0. The lowest BCUT2D eigenvalue weighted by Gasteiger charge is -2.27. The van der Waals surface area contributed by atoms with Gasteiger partial charge in [0, 0.05) is 16.7 Å². The van der Waals surface area contributed by atoms with E-state index in [-0.39, 0.29) is 0 Å². The summed E-state index contributed by atoms with van der Waals surface area (Å²) in [4.78, 5) is 2.33. The summed E-state index contributed by atoms with van der Waals surface area (Å²) in [5, 5.41) is 0.765. The molecule has 1 N–H and O–H groups in total. The predicted molar refractivity (Wildman–Crippen MR) is 105 cm³/mol. The molecule has 0 saturated heterocycles. The van der Waals surface area contributed by atoms with Gasteiger partial charge in [-0.1, -0.05) is 11.6 Å². The summed E-state index contributed by atoms with van der Waals surface area (Å²) in [6.07, 6.45) is 4.05. The van der Waals surface area contributed by atoms with Gasteiger partial charge in [-0.05, 0) is 62.2 Å². The molecule has 0 amide bonds. The summed E-state index contributed by atoms with van der Waals surface area (Å²) >= 11 is 18.6. The van der Waals surface area contributed by atoms with Gasteiger partial charge in [-0.25, -0.2) is 0 Å². The highest BCUT2D eigenvalue weighted by molar-refractivity contribution is 9.11. The Kier molecular flexibility index (Phi) is 4.21. The molecular formula is C14H7Br2ClN2S3. The van der Waals surface area contributed by atoms with Crippen LogP contribution in [0.2, 0.25) is 0 Å². The Bertz CT molecular complexity index is 850. The van der Waals surface area contributed by atoms with Crippen molar-refractivity contribution in [3.8, 4) is 0 Å². The van der Waals surface area contributed by atoms with E-state index in [1.807, 2.05) is 18.3 Å². The lowest BCUT2D eigenvalue weighted by Crippen LogP contribution is -2.15. The zero-order chi connectivity index (χ0) is 15.3. The first-order valence-electron chi connectivity index (χ1n) is 6.19. The molecule has 0 unspecified atom stereocenters. The molecule has 0 bridgehead atoms. The molecule has 0 atom stereocenters. The quantitative estimate of drug-likeness (QED) is 0.471. The van der Waals surface area contributed by atoms with Crippen molar-refractivity contribution in [3.05, 3.63) is 64.6 Å². The van der Waals surface area contributed by atoms with E-state index in [2.05, 4.69) is 59.1 Å². The molecule has 4 heterocycles. The van der Waals surface area contributed by atoms with Crippen LogP contribution in [0.15, 0.2) is 54.8 Å². The maximum atomic E-state index is 6.63. The Morgan fingerprint density at radius 2 is 1.64 bits per heavy atom. The monoisotopic (exact) mass is 492 g/mol. The first-order valence-corrected chi connectivity index (χ1v) is 10.6. The molecule has 0 radical (unpaired) electrons. The highest BCUT2D eigenvalue weighted by atomic mass is 79.9. The third kappa shape index (κ3) is 2.61. The maximum absolute atomic E-state index is 6.63. The van der Waals surface area contributed by atoms with Crippen LogP contribution in [0.5, 0.6) is 0 Å². The van der Waals surface area contributed by atoms with Crippen molar-refractivity contribution in [1.82, 2.24) is 9.03 Å². The summed E-state index contributed by atoms with van der Waals surface area (Å²) < 4.78 is 7.63. The normalized spacial score (nSPS) is 17.3. The fraction of sp³-hybridized carbons (Fsp3) is 0. The molecule has 22 heavy (non-hydrogen) atoms. The molecule has 0 aromatic carbocycles. The molecule has 2 aromatic rings. The summed E-state index contributed by atoms with van der Waals surface area (Å²) in [6, 6.07) is 8.30. The van der Waals surface area contributed by atoms with Crippen molar-refractivity contribution >= 4 is 89.5 Å². The Hall–Kier alpha value is -0.180. The number of fused-ring (bicyclic) bond motifs is 1. The van der Waals surface area contributed by atoms with Gasteiger partial charge < -0.3 is 4.72 Å². The molecule has 4 rings (SSSR count). The van der Waals surface area contributed by atoms with E-state index in [1.165, 1.54) is 4.88 Å². The largest absolute Gasteiger partial charge is 0.316 e. The van der Waals surface area contributed by atoms with Crippen molar-refractivity contribution in [2.24, 2.45) is 0 Å². The van der Waals surface area contributed by atoms with Crippen molar-refractivity contribution in [1.29, 1.82) is 0 Å². The van der Waals surface area contributed by atoms with Crippen molar-refractivity contribution in [2.75, 3.05) is 0 Å². The molecule has 0 spiro atoms. The van der Waals surface area contributed by atoms with Gasteiger partial charge in [0.1, 0.15) is 0 Å². The lowest BCUT2D eigenvalue weighted by molar-refractivity contribution is 0.849. The first kappa shape index (κ1) is 15.4. The molecule has 2 aliphatic heterocycles. The van der Waals surface area contributed by atoms with E-state index < -0.39 is 0 Å². The van der Waals surface area contributed by atoms with Gasteiger partial charge in [0.15, 0.2) is 0 Å². The van der Waals surface area contributed by atoms with Gasteiger partial charge >= 0.3 is 0 Å². The van der Waals surface area contributed by atoms with Crippen molar-refractivity contribution < 1.29 is 0 Å². The van der Waals surface area contributed by atoms with E-state index in [1.54, 1.807) is 34.8 Å². The van der Waals surface area contributed by atoms with Gasteiger partial charge in [0.25, 0.3) is 0 Å². The molecule has 0 fully saturated rings. The fourth-order valence-corrected chi connectivity index (χ4v) is 6.31. The van der Waals surface area contributed by atoms with Crippen molar-refractivity contribution in [2.45, 2.75) is 0 Å². The highest BCUT2D eigenvalue weighted by Gasteiger charge is 2.31. The lowest BCUT2D eigenvalue weighted by atomic mass is 10.1. The Morgan fingerprint density at radius 3 is 2.27 bits per heavy atom. The molecule has 0 saturated carbocycles. The maximum Gasteiger partial charge on any atom is 0.0809 e. The molecule has 0 aliphatic carbocycles. The SMILES string of the molecule is ClC1=C(c2ccc(Br)s2)C2=CNSN2C(c2ccc(Br)s2)=C1. The zero-order valence-corrected chi connectivity index (χ0v) is 17.1. The van der Waals surface area contributed by atoms with Crippen LogP contribution in [0.25, 0.3) is 11.3 Å². The third-order valence-corrected chi connectivity index (χ3v) is 7.57. The van der Waals surface area contributed by atoms with Gasteiger partial charge in [0.2, 0.25) is 0 Å². The minimum absolute atomic E-state index is 0.765. The Morgan fingerprint density at radius 1 is 0.955 bits per heavy atom. The molecular weight excluding hydrogens is 488 g/mol. The van der Waals surface area contributed by atoms with Gasteiger partial charge in [-0.3, -0.25) is 4.31 Å². The fourth-order valence-electron chi connectivity index (χ4n) is 2.28. The molecule has 2 nitrogen and oxygen atoms in total. The van der Waals surface area contributed by atoms with E-state index in [9.17, 15) is 0 Å². The van der Waals surface area contributed by atoms with E-state index >= 15 is 0 Å². The van der Waals surface area contributed by atoms with Crippen LogP contribution in [0.4, 0.5) is 0 Å². The predicted octanol–water partition coefficient (Wildman–Crippen LogP) is 6.65. The minimum atomic E-state index is 0.765. The second-order valence-electron chi connectivity index (χ2n) is 4.49. The number of hydrogen-bond donors (Lipinski definition) is 1. The van der Waals surface area contributed by atoms with E-state index in [0.29, 0.717) is 0 Å². The van der Waals surface area contributed by atoms with Gasteiger partial charge in [-0.2, -0.15) is 0 Å². The smallest absolute Gasteiger partial charge is 0.0809 e. The number of rotatable bonds is 2. The van der Waals surface area contributed by atoms with Crippen LogP contribution in [-0.4, -0.2) is 4.31 Å². The highest BCUT2D eigenvalue weighted by Crippen LogP contribution is 2.48. The van der Waals surface area contributed by atoms with E-state index in [0.717, 1.165) is 34.4 Å². The second kappa shape index (κ2) is 6.03. The number of hydrogen-bond acceptors (Lipinski definition) is 5. The van der Waals surface area contributed by atoms with Crippen molar-refractivity contribution in [3.63, 3.8) is 0 Å². The van der Waals surface area contributed by atoms with Crippen LogP contribution in [0, 0.1) is 0 Å². The number of nitrogens with zero attached hydrogens (tertiary/aromatic N) is 1. The molecule has 2 aromatic heterocycles. The summed E-state index contributed by atoms with van der Waals surface area (Å²) in [6.45, 7) is 0. The summed E-state index contributed by atoms with van der Waals surface area (Å²) in [5.41, 5.74) is 3.25. The molecule has 112 valence electrons. The number of allylic oxidation sites excluding steroid dienone is 3. The average Bonchev–Trinajstić information content (AvgIpc) is 3.19. The second-order valence-corrected chi connectivity index (χ2v) is 10.6. The van der Waals surface area contributed by atoms with Crippen LogP contribution in [0.3, 0.4) is 0 Å². The summed E-state index contributed by atoms with van der Waals surface area (Å²) in [5.74, 6) is 0. The number of halogens is 3. The topological polar surface area (TPSA) is 15.3 Å². The third-order valence-electron chi connectivity index (χ3n) is 3.18. The number of nitrogens with one attached hydrogen (secondary N) is 1. The zero-order valence-electron chi connectivity index (χ0n) is 10.8. The molecule has 2 aliphatic rings. The average molecular weight is 495 g/mol. The van der Waals surface area contributed by atoms with Gasteiger partial charge in [0.05, 0.1) is 41.0 Å². The van der Waals surface area contributed by atoms with Crippen LogP contribution in [-0.2, 0) is 0 Å². The van der Waals surface area contributed by atoms with Crippen LogP contribution < -0.4 is 4.72 Å². The van der Waals surface area contributed by atoms with Crippen LogP contribution in [0.1, 0.15) is 9.75 Å². The number of thiophene rings is 2. The first-order chi connectivity index (χ1) is 10.6. The van der Waals surface area contributed by atoms with Gasteiger partial charge in [-0.15, -0.1) is 22.7 Å². The van der Waals surface area contributed by atoms with Crippen LogP contribution >= 0.6 is 78.3 Å². The molecule has 8 heteroatoms.